The van der Waals surface area contributed by atoms with Crippen LogP contribution in [0.5, 0.6) is 11.5 Å². The number of anilines is 1. The van der Waals surface area contributed by atoms with E-state index in [1.807, 2.05) is 0 Å². The summed E-state index contributed by atoms with van der Waals surface area (Å²) in [5.74, 6) is -0.636. The number of pyridine rings is 1. The Kier molecular flexibility index (Phi) is 4.94. The number of benzene rings is 1. The predicted molar refractivity (Wildman–Crippen MR) is 89.5 cm³/mol. The van der Waals surface area contributed by atoms with Crippen molar-refractivity contribution >= 4 is 37.3 Å². The van der Waals surface area contributed by atoms with Gasteiger partial charge in [0.25, 0.3) is 0 Å². The highest BCUT2D eigenvalue weighted by atomic mass is 32.2. The van der Waals surface area contributed by atoms with Gasteiger partial charge in [-0.2, -0.15) is 8.42 Å². The number of aromatic nitrogens is 1. The Balaban J connectivity index is 2.48. The van der Waals surface area contributed by atoms with Crippen molar-refractivity contribution in [1.82, 2.24) is 4.98 Å². The molecule has 1 aromatic carbocycles. The second-order valence-electron chi connectivity index (χ2n) is 4.96. The topological polar surface area (TPSA) is 161 Å². The van der Waals surface area contributed by atoms with Gasteiger partial charge in [-0.1, -0.05) is 0 Å². The van der Waals surface area contributed by atoms with Gasteiger partial charge in [0.15, 0.2) is 33.0 Å². The van der Waals surface area contributed by atoms with Crippen molar-refractivity contribution in [3.05, 3.63) is 30.3 Å². The number of nitrogens with two attached hydrogens (primary N) is 1. The Labute approximate surface area is 144 Å². The fraction of sp³-hybridized carbons (Fsp3) is 0.154. The SMILES string of the molecule is CS(=O)(=O)Oc1cc(S(C)(=O)=O)ccc1N=Nc1ccc(O)c(N)n1. The smallest absolute Gasteiger partial charge is 0.306 e. The summed E-state index contributed by atoms with van der Waals surface area (Å²) in [4.78, 5) is 3.62. The van der Waals surface area contributed by atoms with Gasteiger partial charge >= 0.3 is 10.1 Å². The van der Waals surface area contributed by atoms with Crippen LogP contribution < -0.4 is 9.92 Å². The Hall–Kier alpha value is -2.73. The molecule has 2 aromatic rings. The second-order valence-corrected chi connectivity index (χ2v) is 8.55. The van der Waals surface area contributed by atoms with Crippen molar-refractivity contribution in [3.63, 3.8) is 0 Å². The van der Waals surface area contributed by atoms with E-state index in [2.05, 4.69) is 15.2 Å². The van der Waals surface area contributed by atoms with Crippen LogP contribution in [0.25, 0.3) is 0 Å². The first-order valence-corrected chi connectivity index (χ1v) is 10.3. The van der Waals surface area contributed by atoms with E-state index in [4.69, 9.17) is 9.92 Å². The van der Waals surface area contributed by atoms with Crippen LogP contribution in [-0.4, -0.2) is 39.4 Å². The number of hydrogen-bond acceptors (Lipinski definition) is 10. The molecule has 0 saturated carbocycles. The van der Waals surface area contributed by atoms with Crippen LogP contribution in [0.2, 0.25) is 0 Å². The highest BCUT2D eigenvalue weighted by Gasteiger charge is 2.15. The molecule has 0 fully saturated rings. The molecule has 1 heterocycles. The minimum atomic E-state index is -3.92. The Morgan fingerprint density at radius 3 is 2.32 bits per heavy atom. The minimum Gasteiger partial charge on any atom is -0.504 e. The van der Waals surface area contributed by atoms with Gasteiger partial charge in [0.2, 0.25) is 0 Å². The van der Waals surface area contributed by atoms with Crippen LogP contribution in [0, 0.1) is 0 Å². The summed E-state index contributed by atoms with van der Waals surface area (Å²) < 4.78 is 50.7. The first kappa shape index (κ1) is 18.6. The van der Waals surface area contributed by atoms with Crippen LogP contribution in [0.15, 0.2) is 45.5 Å². The molecule has 0 radical (unpaired) electrons. The molecule has 0 spiro atoms. The summed E-state index contributed by atoms with van der Waals surface area (Å²) >= 11 is 0. The van der Waals surface area contributed by atoms with E-state index < -0.39 is 20.0 Å². The second kappa shape index (κ2) is 6.64. The molecular weight excluding hydrogens is 372 g/mol. The predicted octanol–water partition coefficient (Wildman–Crippen LogP) is 1.53. The van der Waals surface area contributed by atoms with E-state index in [1.165, 1.54) is 24.3 Å². The van der Waals surface area contributed by atoms with Crippen molar-refractivity contribution in [2.75, 3.05) is 18.2 Å². The zero-order valence-corrected chi connectivity index (χ0v) is 14.7. The lowest BCUT2D eigenvalue weighted by Crippen LogP contribution is -2.07. The van der Waals surface area contributed by atoms with Crippen molar-refractivity contribution in [1.29, 1.82) is 0 Å². The summed E-state index contributed by atoms with van der Waals surface area (Å²) in [5.41, 5.74) is 5.40. The lowest BCUT2D eigenvalue weighted by atomic mass is 10.3. The molecule has 25 heavy (non-hydrogen) atoms. The maximum Gasteiger partial charge on any atom is 0.306 e. The van der Waals surface area contributed by atoms with Crippen LogP contribution in [0.3, 0.4) is 0 Å². The maximum atomic E-state index is 11.6. The van der Waals surface area contributed by atoms with Crippen molar-refractivity contribution in [2.45, 2.75) is 4.90 Å². The largest absolute Gasteiger partial charge is 0.504 e. The molecule has 1 aromatic heterocycles. The van der Waals surface area contributed by atoms with E-state index in [1.54, 1.807) is 0 Å². The number of aromatic hydroxyl groups is 1. The van der Waals surface area contributed by atoms with Crippen LogP contribution in [-0.2, 0) is 20.0 Å². The van der Waals surface area contributed by atoms with Crippen molar-refractivity contribution < 1.29 is 26.1 Å². The summed E-state index contributed by atoms with van der Waals surface area (Å²) in [6.07, 6.45) is 1.78. The third-order valence-corrected chi connectivity index (χ3v) is 4.34. The van der Waals surface area contributed by atoms with Crippen LogP contribution in [0.1, 0.15) is 0 Å². The van der Waals surface area contributed by atoms with Crippen molar-refractivity contribution in [3.8, 4) is 11.5 Å². The monoisotopic (exact) mass is 386 g/mol. The molecule has 0 unspecified atom stereocenters. The molecule has 0 amide bonds. The lowest BCUT2D eigenvalue weighted by molar-refractivity contribution is 0.476. The summed E-state index contributed by atoms with van der Waals surface area (Å²) in [7, 11) is -7.50. The maximum absolute atomic E-state index is 11.6. The van der Waals surface area contributed by atoms with Gasteiger partial charge in [0, 0.05) is 12.3 Å². The van der Waals surface area contributed by atoms with Gasteiger partial charge in [-0.05, 0) is 24.3 Å². The average Bonchev–Trinajstić information content (AvgIpc) is 2.46. The minimum absolute atomic E-state index is 0.0359. The van der Waals surface area contributed by atoms with Gasteiger partial charge in [-0.25, -0.2) is 13.4 Å². The summed E-state index contributed by atoms with van der Waals surface area (Å²) in [6, 6.07) is 6.10. The fourth-order valence-electron chi connectivity index (χ4n) is 1.66. The number of nitrogen functional groups attached to an aromatic ring is 1. The molecule has 0 aliphatic rings. The Morgan fingerprint density at radius 1 is 1.08 bits per heavy atom. The first-order chi connectivity index (χ1) is 11.5. The van der Waals surface area contributed by atoms with E-state index in [0.717, 1.165) is 18.6 Å². The molecule has 0 bridgehead atoms. The fourth-order valence-corrected chi connectivity index (χ4v) is 2.75. The average molecular weight is 386 g/mol. The van der Waals surface area contributed by atoms with E-state index >= 15 is 0 Å². The number of azo groups is 1. The normalized spacial score (nSPS) is 12.4. The zero-order valence-electron chi connectivity index (χ0n) is 13.1. The third-order valence-electron chi connectivity index (χ3n) is 2.75. The van der Waals surface area contributed by atoms with Gasteiger partial charge in [-0.3, -0.25) is 0 Å². The number of hydrogen-bond donors (Lipinski definition) is 2. The van der Waals surface area contributed by atoms with Gasteiger partial charge in [0.1, 0.15) is 5.69 Å². The molecule has 0 atom stereocenters. The van der Waals surface area contributed by atoms with Gasteiger partial charge in [0.05, 0.1) is 11.2 Å². The molecular formula is C13H14N4O6S2. The Bertz CT molecular complexity index is 1050. The number of nitrogens with zero attached hydrogens (tertiary/aromatic N) is 3. The highest BCUT2D eigenvalue weighted by Crippen LogP contribution is 2.33. The zero-order chi connectivity index (χ0) is 18.8. The number of rotatable bonds is 5. The summed E-state index contributed by atoms with van der Waals surface area (Å²) in [5, 5.41) is 16.9. The lowest BCUT2D eigenvalue weighted by Gasteiger charge is -2.07. The van der Waals surface area contributed by atoms with Crippen LogP contribution >= 0.6 is 0 Å². The molecule has 12 heteroatoms. The molecule has 0 aliphatic carbocycles. The van der Waals surface area contributed by atoms with E-state index in [0.29, 0.717) is 0 Å². The molecule has 3 N–H and O–H groups in total. The van der Waals surface area contributed by atoms with Gasteiger partial charge < -0.3 is 15.0 Å². The number of sulfone groups is 1. The summed E-state index contributed by atoms with van der Waals surface area (Å²) in [6.45, 7) is 0. The molecule has 10 nitrogen and oxygen atoms in total. The van der Waals surface area contributed by atoms with Gasteiger partial charge in [-0.15, -0.1) is 10.2 Å². The molecule has 0 aliphatic heterocycles. The quantitative estimate of drug-likeness (QED) is 0.577. The van der Waals surface area contributed by atoms with Crippen molar-refractivity contribution in [2.24, 2.45) is 10.2 Å². The molecule has 0 saturated heterocycles. The molecule has 2 rings (SSSR count). The highest BCUT2D eigenvalue weighted by molar-refractivity contribution is 7.90. The van der Waals surface area contributed by atoms with Crippen LogP contribution in [0.4, 0.5) is 17.3 Å². The van der Waals surface area contributed by atoms with E-state index in [-0.39, 0.29) is 33.7 Å². The third kappa shape index (κ3) is 5.12. The standard InChI is InChI=1S/C13H14N4O6S2/c1-24(19,20)8-3-4-9(11(7-8)23-25(2,21)22)16-17-12-6-5-10(18)13(14)15-12/h3-7,18H,1-2H3,(H2,14,15). The molecule has 134 valence electrons. The Morgan fingerprint density at radius 2 is 1.76 bits per heavy atom. The first-order valence-electron chi connectivity index (χ1n) is 6.56. The van der Waals surface area contributed by atoms with E-state index in [9.17, 15) is 21.9 Å².